The van der Waals surface area contributed by atoms with Gasteiger partial charge in [0.1, 0.15) is 5.75 Å². The SMILES string of the molecule is Cc1ccccc1CNS(=O)(=O)C1=Cc2ccc(OC(F)F)cc2CC1. The number of sulfonamides is 1. The molecule has 0 spiro atoms. The highest BCUT2D eigenvalue weighted by Crippen LogP contribution is 2.30. The van der Waals surface area contributed by atoms with Crippen molar-refractivity contribution in [3.8, 4) is 5.75 Å². The predicted octanol–water partition coefficient (Wildman–Crippen LogP) is 4.00. The summed E-state index contributed by atoms with van der Waals surface area (Å²) in [7, 11) is -3.61. The predicted molar refractivity (Wildman–Crippen MR) is 96.3 cm³/mol. The fourth-order valence-electron chi connectivity index (χ4n) is 2.90. The summed E-state index contributed by atoms with van der Waals surface area (Å²) in [6, 6.07) is 12.1. The van der Waals surface area contributed by atoms with Crippen LogP contribution >= 0.6 is 0 Å². The maximum Gasteiger partial charge on any atom is 0.387 e. The monoisotopic (exact) mass is 379 g/mol. The van der Waals surface area contributed by atoms with E-state index in [9.17, 15) is 17.2 Å². The zero-order valence-corrected chi connectivity index (χ0v) is 15.0. The quantitative estimate of drug-likeness (QED) is 0.825. The van der Waals surface area contributed by atoms with E-state index >= 15 is 0 Å². The number of fused-ring (bicyclic) bond motifs is 1. The number of ether oxygens (including phenoxy) is 1. The molecule has 0 unspecified atom stereocenters. The van der Waals surface area contributed by atoms with Crippen LogP contribution in [0.5, 0.6) is 5.75 Å². The molecular weight excluding hydrogens is 360 g/mol. The third kappa shape index (κ3) is 4.28. The fraction of sp³-hybridized carbons (Fsp3) is 0.263. The van der Waals surface area contributed by atoms with Gasteiger partial charge in [-0.2, -0.15) is 8.78 Å². The Morgan fingerprint density at radius 3 is 2.65 bits per heavy atom. The normalized spacial score (nSPS) is 14.1. The summed E-state index contributed by atoms with van der Waals surface area (Å²) in [6.45, 7) is -0.729. The maximum atomic E-state index is 12.6. The first kappa shape index (κ1) is 18.5. The van der Waals surface area contributed by atoms with Gasteiger partial charge in [0.25, 0.3) is 0 Å². The van der Waals surface area contributed by atoms with Gasteiger partial charge in [0.15, 0.2) is 0 Å². The molecule has 4 nitrogen and oxygen atoms in total. The van der Waals surface area contributed by atoms with Crippen LogP contribution in [0.25, 0.3) is 6.08 Å². The molecule has 0 aliphatic heterocycles. The molecule has 0 aromatic heterocycles. The van der Waals surface area contributed by atoms with Crippen LogP contribution in [0.2, 0.25) is 0 Å². The summed E-state index contributed by atoms with van der Waals surface area (Å²) in [5, 5.41) is 0. The Balaban J connectivity index is 1.77. The van der Waals surface area contributed by atoms with E-state index < -0.39 is 16.6 Å². The molecule has 1 N–H and O–H groups in total. The van der Waals surface area contributed by atoms with Crippen LogP contribution in [0, 0.1) is 6.92 Å². The molecule has 0 saturated carbocycles. The van der Waals surface area contributed by atoms with Crippen molar-refractivity contribution in [3.05, 3.63) is 69.6 Å². The van der Waals surface area contributed by atoms with Crippen molar-refractivity contribution >= 4 is 16.1 Å². The largest absolute Gasteiger partial charge is 0.435 e. The van der Waals surface area contributed by atoms with Gasteiger partial charge in [-0.1, -0.05) is 30.3 Å². The number of hydrogen-bond donors (Lipinski definition) is 1. The molecule has 138 valence electrons. The molecule has 0 saturated heterocycles. The lowest BCUT2D eigenvalue weighted by atomic mass is 9.97. The second kappa shape index (κ2) is 7.55. The second-order valence-electron chi connectivity index (χ2n) is 6.10. The van der Waals surface area contributed by atoms with Gasteiger partial charge in [-0.15, -0.1) is 0 Å². The molecular formula is C19H19F2NO3S. The lowest BCUT2D eigenvalue weighted by Crippen LogP contribution is -2.26. The van der Waals surface area contributed by atoms with Gasteiger partial charge in [-0.3, -0.25) is 0 Å². The van der Waals surface area contributed by atoms with E-state index in [0.29, 0.717) is 23.3 Å². The minimum atomic E-state index is -3.61. The first-order valence-corrected chi connectivity index (χ1v) is 9.66. The fourth-order valence-corrected chi connectivity index (χ4v) is 4.09. The van der Waals surface area contributed by atoms with Gasteiger partial charge in [-0.25, -0.2) is 13.1 Å². The smallest absolute Gasteiger partial charge is 0.387 e. The summed E-state index contributed by atoms with van der Waals surface area (Å²) in [5.41, 5.74) is 3.43. The molecule has 7 heteroatoms. The Labute approximate surface area is 151 Å². The zero-order chi connectivity index (χ0) is 18.7. The summed E-state index contributed by atoms with van der Waals surface area (Å²) in [5.74, 6) is 0.0798. The van der Waals surface area contributed by atoms with Gasteiger partial charge in [-0.05, 0) is 60.2 Å². The van der Waals surface area contributed by atoms with E-state index in [2.05, 4.69) is 9.46 Å². The highest BCUT2D eigenvalue weighted by Gasteiger charge is 2.22. The standard InChI is InChI=1S/C19H19F2NO3S/c1-13-4-2-3-5-16(13)12-22-26(23,24)18-9-7-14-10-17(25-19(20)21)8-6-15(14)11-18/h2-6,8,10-11,19,22H,7,9,12H2,1H3. The highest BCUT2D eigenvalue weighted by molar-refractivity contribution is 7.93. The first-order valence-electron chi connectivity index (χ1n) is 8.17. The topological polar surface area (TPSA) is 55.4 Å². The molecule has 1 aliphatic rings. The van der Waals surface area contributed by atoms with Crippen molar-refractivity contribution in [2.45, 2.75) is 32.9 Å². The number of allylic oxidation sites excluding steroid dienone is 1. The summed E-state index contributed by atoms with van der Waals surface area (Å²) in [4.78, 5) is 0.293. The van der Waals surface area contributed by atoms with Crippen molar-refractivity contribution in [3.63, 3.8) is 0 Å². The van der Waals surface area contributed by atoms with Gasteiger partial charge in [0, 0.05) is 6.54 Å². The van der Waals surface area contributed by atoms with Crippen molar-refractivity contribution in [1.82, 2.24) is 4.72 Å². The van der Waals surface area contributed by atoms with E-state index in [4.69, 9.17) is 0 Å². The van der Waals surface area contributed by atoms with Crippen LogP contribution in [-0.4, -0.2) is 15.0 Å². The van der Waals surface area contributed by atoms with Crippen molar-refractivity contribution in [2.24, 2.45) is 0 Å². The highest BCUT2D eigenvalue weighted by atomic mass is 32.2. The number of halogens is 2. The van der Waals surface area contributed by atoms with Crippen molar-refractivity contribution in [1.29, 1.82) is 0 Å². The van der Waals surface area contributed by atoms with Gasteiger partial charge < -0.3 is 4.74 Å². The molecule has 3 rings (SSSR count). The Morgan fingerprint density at radius 2 is 1.92 bits per heavy atom. The van der Waals surface area contributed by atoms with Gasteiger partial charge in [0.05, 0.1) is 4.91 Å². The number of aryl methyl sites for hydroxylation is 2. The minimum absolute atomic E-state index is 0.0798. The third-order valence-corrected chi connectivity index (χ3v) is 5.89. The van der Waals surface area contributed by atoms with Gasteiger partial charge in [0.2, 0.25) is 10.0 Å². The molecule has 0 heterocycles. The summed E-state index contributed by atoms with van der Waals surface area (Å²) < 4.78 is 56.8. The van der Waals surface area contributed by atoms with E-state index in [-0.39, 0.29) is 12.3 Å². The van der Waals surface area contributed by atoms with Crippen molar-refractivity contribution in [2.75, 3.05) is 0 Å². The minimum Gasteiger partial charge on any atom is -0.435 e. The van der Waals surface area contributed by atoms with E-state index in [1.807, 2.05) is 31.2 Å². The van der Waals surface area contributed by atoms with Gasteiger partial charge >= 0.3 is 6.61 Å². The summed E-state index contributed by atoms with van der Waals surface area (Å²) >= 11 is 0. The Hall–Kier alpha value is -2.25. The number of nitrogens with one attached hydrogen (secondary N) is 1. The maximum absolute atomic E-state index is 12.6. The molecule has 0 radical (unpaired) electrons. The molecule has 26 heavy (non-hydrogen) atoms. The molecule has 0 amide bonds. The lowest BCUT2D eigenvalue weighted by molar-refractivity contribution is -0.0498. The third-order valence-electron chi connectivity index (χ3n) is 4.36. The van der Waals surface area contributed by atoms with Crippen LogP contribution in [-0.2, 0) is 23.0 Å². The lowest BCUT2D eigenvalue weighted by Gasteiger charge is -2.18. The van der Waals surface area contributed by atoms with Crippen LogP contribution < -0.4 is 9.46 Å². The summed E-state index contributed by atoms with van der Waals surface area (Å²) in [6.07, 6.45) is 2.35. The second-order valence-corrected chi connectivity index (χ2v) is 7.92. The number of rotatable bonds is 6. The molecule has 2 aromatic rings. The van der Waals surface area contributed by atoms with E-state index in [1.54, 1.807) is 12.1 Å². The van der Waals surface area contributed by atoms with Crippen molar-refractivity contribution < 1.29 is 21.9 Å². The Morgan fingerprint density at radius 1 is 1.15 bits per heavy atom. The molecule has 0 fully saturated rings. The number of benzene rings is 2. The first-order chi connectivity index (χ1) is 12.3. The average Bonchev–Trinajstić information content (AvgIpc) is 2.60. The molecule has 0 atom stereocenters. The average molecular weight is 379 g/mol. The number of hydrogen-bond acceptors (Lipinski definition) is 3. The van der Waals surface area contributed by atoms with Crippen LogP contribution in [0.4, 0.5) is 8.78 Å². The Bertz CT molecular complexity index is 940. The molecule has 1 aliphatic carbocycles. The van der Waals surface area contributed by atoms with Crippen LogP contribution in [0.1, 0.15) is 28.7 Å². The Kier molecular flexibility index (Phi) is 5.38. The zero-order valence-electron chi connectivity index (χ0n) is 14.2. The molecule has 0 bridgehead atoms. The van der Waals surface area contributed by atoms with E-state index in [1.165, 1.54) is 12.1 Å². The number of alkyl halides is 2. The van der Waals surface area contributed by atoms with Crippen LogP contribution in [0.15, 0.2) is 47.4 Å². The van der Waals surface area contributed by atoms with E-state index in [0.717, 1.165) is 16.7 Å². The molecule has 2 aromatic carbocycles. The van der Waals surface area contributed by atoms with Crippen LogP contribution in [0.3, 0.4) is 0 Å².